The number of ether oxygens (including phenoxy) is 1. The fourth-order valence-electron chi connectivity index (χ4n) is 4.99. The van der Waals surface area contributed by atoms with E-state index in [-0.39, 0.29) is 0 Å². The molecule has 4 heteroatoms. The second-order valence-corrected chi connectivity index (χ2v) is 7.98. The fraction of sp³-hybridized carbons (Fsp3) is 0.714. The number of fused-ring (bicyclic) bond motifs is 1. The quantitative estimate of drug-likeness (QED) is 0.894. The Labute approximate surface area is 152 Å². The van der Waals surface area contributed by atoms with Crippen molar-refractivity contribution in [2.24, 2.45) is 0 Å². The van der Waals surface area contributed by atoms with Gasteiger partial charge in [-0.3, -0.25) is 0 Å². The van der Waals surface area contributed by atoms with Crippen molar-refractivity contribution >= 4 is 11.4 Å². The number of hydrogen-bond acceptors (Lipinski definition) is 4. The third-order valence-electron chi connectivity index (χ3n) is 6.40. The van der Waals surface area contributed by atoms with Crippen LogP contribution in [0.4, 0.5) is 11.4 Å². The summed E-state index contributed by atoms with van der Waals surface area (Å²) in [6, 6.07) is 8.26. The first-order valence-electron chi connectivity index (χ1n) is 10.2. The minimum absolute atomic E-state index is 0.522. The summed E-state index contributed by atoms with van der Waals surface area (Å²) in [7, 11) is 0. The van der Waals surface area contributed by atoms with Gasteiger partial charge in [-0.05, 0) is 70.1 Å². The molecule has 2 fully saturated rings. The molecule has 0 aromatic heterocycles. The summed E-state index contributed by atoms with van der Waals surface area (Å²) in [4.78, 5) is 5.37. The Balaban J connectivity index is 1.31. The van der Waals surface area contributed by atoms with E-state index >= 15 is 0 Å². The van der Waals surface area contributed by atoms with Gasteiger partial charge >= 0.3 is 0 Å². The Hall–Kier alpha value is -1.26. The smallest absolute Gasteiger partial charge is 0.0880 e. The number of nitrogens with one attached hydrogen (secondary N) is 1. The summed E-state index contributed by atoms with van der Waals surface area (Å²) in [5.41, 5.74) is 4.08. The molecule has 4 rings (SSSR count). The molecule has 0 spiro atoms. The van der Waals surface area contributed by atoms with Crippen LogP contribution in [0.25, 0.3) is 0 Å². The van der Waals surface area contributed by atoms with E-state index in [4.69, 9.17) is 4.74 Å². The van der Waals surface area contributed by atoms with Crippen molar-refractivity contribution in [3.05, 3.63) is 23.8 Å². The molecular weight excluding hydrogens is 310 g/mol. The van der Waals surface area contributed by atoms with Crippen LogP contribution in [0, 0.1) is 6.92 Å². The van der Waals surface area contributed by atoms with E-state index in [1.165, 1.54) is 68.6 Å². The number of benzene rings is 1. The van der Waals surface area contributed by atoms with Gasteiger partial charge in [0.05, 0.1) is 24.1 Å². The van der Waals surface area contributed by atoms with E-state index in [9.17, 15) is 0 Å². The van der Waals surface area contributed by atoms with E-state index in [2.05, 4.69) is 47.2 Å². The highest BCUT2D eigenvalue weighted by Gasteiger charge is 2.33. The largest absolute Gasteiger partial charge is 0.379 e. The molecule has 2 aliphatic heterocycles. The lowest BCUT2D eigenvalue weighted by Crippen LogP contribution is -2.49. The molecule has 0 radical (unpaired) electrons. The Morgan fingerprint density at radius 3 is 2.52 bits per heavy atom. The molecule has 2 heterocycles. The van der Waals surface area contributed by atoms with E-state index in [0.29, 0.717) is 12.1 Å². The molecule has 25 heavy (non-hydrogen) atoms. The number of piperidine rings is 1. The topological polar surface area (TPSA) is 27.7 Å². The predicted octanol–water partition coefficient (Wildman–Crippen LogP) is 4.00. The van der Waals surface area contributed by atoms with Gasteiger partial charge in [0.25, 0.3) is 0 Å². The van der Waals surface area contributed by atoms with Crippen molar-refractivity contribution in [1.82, 2.24) is 4.90 Å². The van der Waals surface area contributed by atoms with Crippen molar-refractivity contribution in [2.75, 3.05) is 36.6 Å². The highest BCUT2D eigenvalue weighted by atomic mass is 16.5. The molecule has 0 amide bonds. The van der Waals surface area contributed by atoms with Crippen LogP contribution in [0.5, 0.6) is 0 Å². The monoisotopic (exact) mass is 343 g/mol. The average molecular weight is 344 g/mol. The van der Waals surface area contributed by atoms with Crippen molar-refractivity contribution in [3.63, 3.8) is 0 Å². The van der Waals surface area contributed by atoms with Gasteiger partial charge in [0.2, 0.25) is 0 Å². The van der Waals surface area contributed by atoms with Crippen LogP contribution in [0.3, 0.4) is 0 Å². The molecule has 1 aromatic rings. The average Bonchev–Trinajstić information content (AvgIpc) is 3.06. The Bertz CT molecular complexity index is 575. The molecule has 1 aliphatic carbocycles. The summed E-state index contributed by atoms with van der Waals surface area (Å²) in [5.74, 6) is 0. The van der Waals surface area contributed by atoms with Crippen molar-refractivity contribution in [1.29, 1.82) is 0 Å². The van der Waals surface area contributed by atoms with E-state index in [0.717, 1.165) is 19.3 Å². The van der Waals surface area contributed by atoms with E-state index < -0.39 is 0 Å². The molecular formula is C21H33N3O. The third kappa shape index (κ3) is 3.65. The zero-order chi connectivity index (χ0) is 17.2. The van der Waals surface area contributed by atoms with Gasteiger partial charge in [-0.1, -0.05) is 6.07 Å². The second kappa shape index (κ2) is 7.55. The van der Waals surface area contributed by atoms with E-state index in [1.807, 2.05) is 0 Å². The molecule has 1 aromatic carbocycles. The van der Waals surface area contributed by atoms with Crippen LogP contribution < -0.4 is 10.2 Å². The zero-order valence-electron chi connectivity index (χ0n) is 15.8. The number of anilines is 2. The molecule has 0 bridgehead atoms. The number of hydrogen-bond donors (Lipinski definition) is 1. The maximum Gasteiger partial charge on any atom is 0.0880 e. The van der Waals surface area contributed by atoms with Gasteiger partial charge in [-0.15, -0.1) is 0 Å². The standard InChI is InChI=1S/C21H33N3O/c1-3-25-19-7-5-17(6-8-19)23-12-10-18(11-13-23)24-15-22-20-9-4-16(2)14-21(20)24/h4,9,14,17-19,22H,3,5-8,10-13,15H2,1-2H3. The van der Waals surface area contributed by atoms with Gasteiger partial charge in [-0.2, -0.15) is 0 Å². The van der Waals surface area contributed by atoms with Crippen LogP contribution in [0.2, 0.25) is 0 Å². The Morgan fingerprint density at radius 2 is 1.80 bits per heavy atom. The summed E-state index contributed by atoms with van der Waals surface area (Å²) in [6.07, 6.45) is 8.25. The molecule has 0 atom stereocenters. The van der Waals surface area contributed by atoms with Crippen molar-refractivity contribution < 1.29 is 4.74 Å². The number of likely N-dealkylation sites (tertiary alicyclic amines) is 1. The molecule has 4 nitrogen and oxygen atoms in total. The molecule has 1 N–H and O–H groups in total. The minimum atomic E-state index is 0.522. The number of nitrogens with zero attached hydrogens (tertiary/aromatic N) is 2. The summed E-state index contributed by atoms with van der Waals surface area (Å²) in [6.45, 7) is 8.66. The first kappa shape index (κ1) is 17.2. The van der Waals surface area contributed by atoms with Gasteiger partial charge in [-0.25, -0.2) is 0 Å². The summed E-state index contributed by atoms with van der Waals surface area (Å²) >= 11 is 0. The van der Waals surface area contributed by atoms with Crippen molar-refractivity contribution in [2.45, 2.75) is 70.6 Å². The SMILES string of the molecule is CCOC1CCC(N2CCC(N3CNc4ccc(C)cc43)CC2)CC1. The van der Waals surface area contributed by atoms with Crippen molar-refractivity contribution in [3.8, 4) is 0 Å². The Kier molecular flexibility index (Phi) is 5.18. The summed E-state index contributed by atoms with van der Waals surface area (Å²) in [5, 5.41) is 3.56. The molecule has 3 aliphatic rings. The van der Waals surface area contributed by atoms with Gasteiger partial charge in [0.15, 0.2) is 0 Å². The molecule has 0 unspecified atom stereocenters. The van der Waals surface area contributed by atoms with Crippen LogP contribution in [-0.2, 0) is 4.74 Å². The van der Waals surface area contributed by atoms with Gasteiger partial charge < -0.3 is 19.9 Å². The van der Waals surface area contributed by atoms with Gasteiger partial charge in [0.1, 0.15) is 0 Å². The molecule has 1 saturated carbocycles. The first-order valence-corrected chi connectivity index (χ1v) is 10.2. The minimum Gasteiger partial charge on any atom is -0.379 e. The number of rotatable bonds is 4. The number of aryl methyl sites for hydroxylation is 1. The highest BCUT2D eigenvalue weighted by molar-refractivity contribution is 5.75. The zero-order valence-corrected chi connectivity index (χ0v) is 15.8. The normalized spacial score (nSPS) is 28.0. The maximum atomic E-state index is 5.81. The third-order valence-corrected chi connectivity index (χ3v) is 6.40. The second-order valence-electron chi connectivity index (χ2n) is 7.98. The molecule has 1 saturated heterocycles. The first-order chi connectivity index (χ1) is 12.2. The lowest BCUT2D eigenvalue weighted by molar-refractivity contribution is 0.00948. The van der Waals surface area contributed by atoms with Crippen LogP contribution >= 0.6 is 0 Å². The predicted molar refractivity (Wildman–Crippen MR) is 104 cm³/mol. The van der Waals surface area contributed by atoms with Crippen LogP contribution in [-0.4, -0.2) is 49.5 Å². The highest BCUT2D eigenvalue weighted by Crippen LogP contribution is 2.36. The lowest BCUT2D eigenvalue weighted by Gasteiger charge is -2.43. The Morgan fingerprint density at radius 1 is 1.04 bits per heavy atom. The molecule has 138 valence electrons. The maximum absolute atomic E-state index is 5.81. The van der Waals surface area contributed by atoms with Crippen LogP contribution in [0.1, 0.15) is 51.0 Å². The summed E-state index contributed by atoms with van der Waals surface area (Å²) < 4.78 is 5.81. The lowest BCUT2D eigenvalue weighted by atomic mass is 9.90. The van der Waals surface area contributed by atoms with Crippen LogP contribution in [0.15, 0.2) is 18.2 Å². The van der Waals surface area contributed by atoms with Gasteiger partial charge in [0, 0.05) is 31.8 Å². The fourth-order valence-corrected chi connectivity index (χ4v) is 4.99. The van der Waals surface area contributed by atoms with E-state index in [1.54, 1.807) is 0 Å².